The molecule has 4 heteroatoms. The molecule has 0 aliphatic carbocycles. The number of aryl methyl sites for hydroxylation is 2. The Balaban J connectivity index is 2.03. The summed E-state index contributed by atoms with van der Waals surface area (Å²) in [5.41, 5.74) is 3.98. The van der Waals surface area contributed by atoms with E-state index in [1.807, 2.05) is 73.1 Å². The van der Waals surface area contributed by atoms with Crippen molar-refractivity contribution in [2.75, 3.05) is 5.32 Å². The first-order chi connectivity index (χ1) is 10.1. The molecule has 0 spiro atoms. The van der Waals surface area contributed by atoms with E-state index in [0.29, 0.717) is 5.02 Å². The minimum absolute atomic E-state index is 0.712. The molecule has 0 aliphatic rings. The molecule has 0 aliphatic heterocycles. The topological polar surface area (TPSA) is 29.9 Å². The second kappa shape index (κ2) is 5.62. The molecule has 0 fully saturated rings. The van der Waals surface area contributed by atoms with Gasteiger partial charge in [-0.05, 0) is 43.7 Å². The Hall–Kier alpha value is -2.26. The van der Waals surface area contributed by atoms with E-state index in [9.17, 15) is 0 Å². The molecule has 0 bridgehead atoms. The molecule has 0 unspecified atom stereocenters. The molecular formula is C17H16ClN3. The number of imidazole rings is 1. The first-order valence-corrected chi connectivity index (χ1v) is 7.16. The molecule has 21 heavy (non-hydrogen) atoms. The highest BCUT2D eigenvalue weighted by Crippen LogP contribution is 2.26. The summed E-state index contributed by atoms with van der Waals surface area (Å²) in [5, 5.41) is 4.04. The van der Waals surface area contributed by atoms with Crippen molar-refractivity contribution in [2.45, 2.75) is 13.8 Å². The molecule has 1 N–H and O–H groups in total. The van der Waals surface area contributed by atoms with E-state index in [4.69, 9.17) is 11.6 Å². The molecular weight excluding hydrogens is 282 g/mol. The number of benzene rings is 2. The number of halogens is 1. The standard InChI is InChI=1S/C17H16ClN3/c1-12-8-9-16(15(18)10-12)21-11-13(2)19-17(21)20-14-6-4-3-5-7-14/h3-11H,1-2H3,(H,19,20). The van der Waals surface area contributed by atoms with Crippen molar-refractivity contribution in [3.63, 3.8) is 0 Å². The summed E-state index contributed by atoms with van der Waals surface area (Å²) in [4.78, 5) is 4.54. The van der Waals surface area contributed by atoms with Crippen LogP contribution in [0.2, 0.25) is 5.02 Å². The van der Waals surface area contributed by atoms with Gasteiger partial charge in [0.2, 0.25) is 5.95 Å². The van der Waals surface area contributed by atoms with Gasteiger partial charge in [0, 0.05) is 11.9 Å². The van der Waals surface area contributed by atoms with Gasteiger partial charge in [0.1, 0.15) is 0 Å². The number of anilines is 2. The molecule has 0 radical (unpaired) electrons. The molecule has 3 rings (SSSR count). The van der Waals surface area contributed by atoms with Crippen molar-refractivity contribution < 1.29 is 0 Å². The highest BCUT2D eigenvalue weighted by Gasteiger charge is 2.10. The Labute approximate surface area is 129 Å². The largest absolute Gasteiger partial charge is 0.325 e. The quantitative estimate of drug-likeness (QED) is 0.746. The maximum Gasteiger partial charge on any atom is 0.212 e. The maximum atomic E-state index is 6.37. The molecule has 2 aromatic carbocycles. The van der Waals surface area contributed by atoms with Gasteiger partial charge in [-0.2, -0.15) is 0 Å². The van der Waals surface area contributed by atoms with E-state index in [0.717, 1.165) is 28.6 Å². The summed E-state index contributed by atoms with van der Waals surface area (Å²) in [6, 6.07) is 16.0. The van der Waals surface area contributed by atoms with Crippen LogP contribution in [0.4, 0.5) is 11.6 Å². The fourth-order valence-electron chi connectivity index (χ4n) is 2.23. The van der Waals surface area contributed by atoms with Crippen LogP contribution in [0.3, 0.4) is 0 Å². The Kier molecular flexibility index (Phi) is 3.67. The molecule has 1 aromatic heterocycles. The van der Waals surface area contributed by atoms with E-state index in [-0.39, 0.29) is 0 Å². The van der Waals surface area contributed by atoms with E-state index in [1.165, 1.54) is 0 Å². The molecule has 1 heterocycles. The average molecular weight is 298 g/mol. The van der Waals surface area contributed by atoms with Crippen LogP contribution in [0.5, 0.6) is 0 Å². The van der Waals surface area contributed by atoms with Gasteiger partial charge in [0.25, 0.3) is 0 Å². The number of rotatable bonds is 3. The Morgan fingerprint density at radius 2 is 1.81 bits per heavy atom. The van der Waals surface area contributed by atoms with Gasteiger partial charge in [-0.25, -0.2) is 4.98 Å². The van der Waals surface area contributed by atoms with Crippen molar-refractivity contribution in [3.8, 4) is 5.69 Å². The van der Waals surface area contributed by atoms with Crippen LogP contribution >= 0.6 is 11.6 Å². The van der Waals surface area contributed by atoms with Gasteiger partial charge in [0.05, 0.1) is 16.4 Å². The summed E-state index contributed by atoms with van der Waals surface area (Å²) in [6.45, 7) is 3.99. The molecule has 0 amide bonds. The second-order valence-corrected chi connectivity index (χ2v) is 5.43. The first kappa shape index (κ1) is 13.7. The SMILES string of the molecule is Cc1ccc(-n2cc(C)nc2Nc2ccccc2)c(Cl)c1. The molecule has 0 saturated carbocycles. The predicted molar refractivity (Wildman–Crippen MR) is 87.8 cm³/mol. The van der Waals surface area contributed by atoms with Crippen LogP contribution in [0, 0.1) is 13.8 Å². The van der Waals surface area contributed by atoms with Gasteiger partial charge in [0.15, 0.2) is 0 Å². The van der Waals surface area contributed by atoms with Gasteiger partial charge < -0.3 is 5.32 Å². The van der Waals surface area contributed by atoms with Crippen molar-refractivity contribution in [3.05, 3.63) is 71.0 Å². The fourth-order valence-corrected chi connectivity index (χ4v) is 2.55. The molecule has 0 atom stereocenters. The van der Waals surface area contributed by atoms with Crippen LogP contribution in [-0.4, -0.2) is 9.55 Å². The maximum absolute atomic E-state index is 6.37. The highest BCUT2D eigenvalue weighted by atomic mass is 35.5. The van der Waals surface area contributed by atoms with Crippen molar-refractivity contribution in [1.29, 1.82) is 0 Å². The molecule has 0 saturated heterocycles. The summed E-state index contributed by atoms with van der Waals surface area (Å²) >= 11 is 6.37. The van der Waals surface area contributed by atoms with E-state index >= 15 is 0 Å². The van der Waals surface area contributed by atoms with Gasteiger partial charge >= 0.3 is 0 Å². The number of nitrogens with one attached hydrogen (secondary N) is 1. The summed E-state index contributed by atoms with van der Waals surface area (Å²) < 4.78 is 1.98. The van der Waals surface area contributed by atoms with Crippen LogP contribution in [-0.2, 0) is 0 Å². The smallest absolute Gasteiger partial charge is 0.212 e. The van der Waals surface area contributed by atoms with E-state index < -0.39 is 0 Å². The zero-order valence-corrected chi connectivity index (χ0v) is 12.7. The van der Waals surface area contributed by atoms with E-state index in [2.05, 4.69) is 10.3 Å². The normalized spacial score (nSPS) is 10.6. The summed E-state index contributed by atoms with van der Waals surface area (Å²) in [7, 11) is 0. The Morgan fingerprint density at radius 3 is 2.52 bits per heavy atom. The minimum Gasteiger partial charge on any atom is -0.325 e. The average Bonchev–Trinajstić information content (AvgIpc) is 2.80. The lowest BCUT2D eigenvalue weighted by Gasteiger charge is -2.11. The number of aromatic nitrogens is 2. The highest BCUT2D eigenvalue weighted by molar-refractivity contribution is 6.32. The van der Waals surface area contributed by atoms with Crippen molar-refractivity contribution >= 4 is 23.2 Å². The lowest BCUT2D eigenvalue weighted by molar-refractivity contribution is 1.06. The third-order valence-corrected chi connectivity index (χ3v) is 3.52. The lowest BCUT2D eigenvalue weighted by Crippen LogP contribution is -2.01. The molecule has 3 aromatic rings. The van der Waals surface area contributed by atoms with Crippen LogP contribution in [0.15, 0.2) is 54.7 Å². The van der Waals surface area contributed by atoms with E-state index in [1.54, 1.807) is 0 Å². The zero-order chi connectivity index (χ0) is 14.8. The number of nitrogens with zero attached hydrogens (tertiary/aromatic N) is 2. The Bertz CT molecular complexity index is 763. The Morgan fingerprint density at radius 1 is 1.05 bits per heavy atom. The third-order valence-electron chi connectivity index (χ3n) is 3.22. The summed E-state index contributed by atoms with van der Waals surface area (Å²) in [5.74, 6) is 0.754. The van der Waals surface area contributed by atoms with Gasteiger partial charge in [-0.3, -0.25) is 4.57 Å². The molecule has 3 nitrogen and oxygen atoms in total. The van der Waals surface area contributed by atoms with Crippen molar-refractivity contribution in [2.24, 2.45) is 0 Å². The number of para-hydroxylation sites is 1. The van der Waals surface area contributed by atoms with Crippen molar-refractivity contribution in [1.82, 2.24) is 9.55 Å². The van der Waals surface area contributed by atoms with Crippen LogP contribution in [0.25, 0.3) is 5.69 Å². The zero-order valence-electron chi connectivity index (χ0n) is 12.0. The number of hydrogen-bond donors (Lipinski definition) is 1. The predicted octanol–water partition coefficient (Wildman–Crippen LogP) is 4.89. The van der Waals surface area contributed by atoms with Gasteiger partial charge in [-0.1, -0.05) is 35.9 Å². The first-order valence-electron chi connectivity index (χ1n) is 6.78. The van der Waals surface area contributed by atoms with Gasteiger partial charge in [-0.15, -0.1) is 0 Å². The van der Waals surface area contributed by atoms with Crippen LogP contribution in [0.1, 0.15) is 11.3 Å². The third kappa shape index (κ3) is 2.93. The number of hydrogen-bond acceptors (Lipinski definition) is 2. The minimum atomic E-state index is 0.712. The molecule has 106 valence electrons. The second-order valence-electron chi connectivity index (χ2n) is 5.02. The fraction of sp³-hybridized carbons (Fsp3) is 0.118. The lowest BCUT2D eigenvalue weighted by atomic mass is 10.2. The monoisotopic (exact) mass is 297 g/mol. The summed E-state index contributed by atoms with van der Waals surface area (Å²) in [6.07, 6.45) is 1.97. The van der Waals surface area contributed by atoms with Crippen LogP contribution < -0.4 is 5.32 Å².